The summed E-state index contributed by atoms with van der Waals surface area (Å²) >= 11 is 0.788. The van der Waals surface area contributed by atoms with Crippen LogP contribution in [0.1, 0.15) is 146 Å². The van der Waals surface area contributed by atoms with Crippen LogP contribution in [-0.4, -0.2) is 311 Å². The lowest BCUT2D eigenvalue weighted by Crippen LogP contribution is -2.61. The van der Waals surface area contributed by atoms with Crippen molar-refractivity contribution in [2.75, 3.05) is 65.4 Å². The van der Waals surface area contributed by atoms with Crippen LogP contribution in [0, 0.1) is 5.41 Å². The molecule has 43 nitrogen and oxygen atoms in total. The number of hydrogen-bond donors (Lipinski definition) is 20. The molecule has 3 aromatic carbocycles. The van der Waals surface area contributed by atoms with Crippen LogP contribution in [0.2, 0.25) is 0 Å². The van der Waals surface area contributed by atoms with E-state index in [1.54, 1.807) is 60.9 Å². The third kappa shape index (κ3) is 28.9. The van der Waals surface area contributed by atoms with E-state index < -0.39 is 216 Å². The van der Waals surface area contributed by atoms with Crippen molar-refractivity contribution in [3.63, 3.8) is 0 Å². The molecule has 3 fully saturated rings. The number of unbranched alkanes of at least 4 members (excludes halogenated alkanes) is 2. The Morgan fingerprint density at radius 1 is 0.522 bits per heavy atom. The van der Waals surface area contributed by atoms with Gasteiger partial charge in [-0.25, -0.2) is 4.98 Å². The van der Waals surface area contributed by atoms with Crippen molar-refractivity contribution in [3.8, 4) is 5.75 Å². The number of hydrogen-bond acceptors (Lipinski definition) is 22. The summed E-state index contributed by atoms with van der Waals surface area (Å²) in [5.74, 6) is -17.2. The van der Waals surface area contributed by atoms with E-state index in [0.717, 1.165) is 21.6 Å². The number of H-pyrrole nitrogens is 3. The number of para-hydroxylation sites is 2. The standard InChI is InChI=1S/C90H126N24O19S/c1-8-10-26-69-82(126)103-61(25-17-35-96-90(93)94)79(123)109-68(78(122)99-46-73(92)116)47-134-48-74(117)102-65(38-52-30-32-56(115)33-31-52)85(129)110(5)51(4)77(121)104-62(24-16-34-91)87(131)113-36-18-28-70(113)84(128)106-64(41-55-45-95-49-100-55)81(125)108-67(42-75(118)119)88(132)114-37-19-29-71(114)83(127)105-63(39-53-43-97-59-22-14-12-20-57(53)59)80(124)101-50(3)76(120)107-66(40-54-44-98-60-23-15-13-21-58(54)60)86(130)112(7)72(27-11-9-2)89(133)111(69)6/h12-15,20-23,30-33,43-45,49-51,61-72,97-98,115H,8-11,16-19,24-29,34-42,46-48,91H2,1-7H3,(H2,92,116)(H,95,100)(H,99,122)(H,101,124)(H,102,117)(H,103,126)(H,104,121)(H,105,127)(H,106,128)(H,107,120)(H,108,125)(H,109,123)(H,118,119)(H4,93,94,96)/t50-,51-,61-,62-,63-,64-,65-,66-,67-,68-,69-,70-,71-,72-/m0/s1. The fourth-order valence-electron chi connectivity index (χ4n) is 16.6. The maximum atomic E-state index is 15.7. The number of carboxylic acid groups (broad SMARTS) is 1. The molecule has 44 heteroatoms. The zero-order valence-corrected chi connectivity index (χ0v) is 77.2. The Bertz CT molecular complexity index is 5170. The van der Waals surface area contributed by atoms with E-state index in [9.17, 15) is 53.4 Å². The van der Waals surface area contributed by atoms with Crippen molar-refractivity contribution in [1.29, 1.82) is 5.41 Å². The largest absolute Gasteiger partial charge is 0.508 e. The van der Waals surface area contributed by atoms with E-state index in [-0.39, 0.29) is 128 Å². The van der Waals surface area contributed by atoms with Crippen LogP contribution in [0.15, 0.2) is 97.7 Å². The lowest BCUT2D eigenvalue weighted by molar-refractivity contribution is -0.149. The van der Waals surface area contributed by atoms with E-state index in [4.69, 9.17) is 22.6 Å². The first-order chi connectivity index (χ1) is 64.0. The maximum Gasteiger partial charge on any atom is 0.305 e. The SMILES string of the molecule is CCCC[C@H]1C(=O)N(C)[C@@H](CCCC)C(=O)N[C@@H](CCCNC(=N)N)C(=O)N[C@H](C(=O)NCC(N)=O)CSCC(=O)N[C@@H](Cc2ccc(O)cc2)C(=O)N(C)[C@@H](C)C(=O)N[C@@H](CCCN)C(=O)N2CCC[C@H]2C(=O)N[C@@H](Cc2c[nH]cn2)C(=O)N[C@@H](CC(=O)O)C(=O)N2CCC[C@H]2C(=O)N[C@@H](Cc2c[nH]c3ccccc23)C(=O)N[C@@H](C)C(=O)N[C@@H](Cc2c[nH]c3ccccc23)C(=O)N1C. The van der Waals surface area contributed by atoms with Gasteiger partial charge in [-0.1, -0.05) is 88.1 Å². The van der Waals surface area contributed by atoms with Gasteiger partial charge in [0.15, 0.2) is 5.96 Å². The fourth-order valence-corrected chi connectivity index (χ4v) is 17.4. The van der Waals surface area contributed by atoms with Crippen LogP contribution in [0.3, 0.4) is 0 Å². The van der Waals surface area contributed by atoms with E-state index >= 15 is 38.4 Å². The van der Waals surface area contributed by atoms with Gasteiger partial charge in [-0.3, -0.25) is 86.9 Å². The van der Waals surface area contributed by atoms with E-state index in [2.05, 4.69) is 78.4 Å². The quantitative estimate of drug-likeness (QED) is 0.0166. The molecule has 23 N–H and O–H groups in total. The van der Waals surface area contributed by atoms with Gasteiger partial charge in [0.2, 0.25) is 94.5 Å². The number of aromatic nitrogens is 4. The number of carbonyl (C=O) groups excluding carboxylic acids is 16. The highest BCUT2D eigenvalue weighted by molar-refractivity contribution is 8.00. The predicted octanol–water partition coefficient (Wildman–Crippen LogP) is -1.58. The number of nitrogens with one attached hydrogen (secondary N) is 15. The van der Waals surface area contributed by atoms with Gasteiger partial charge in [0, 0.05) is 113 Å². The minimum atomic E-state index is -1.91. The van der Waals surface area contributed by atoms with Crippen molar-refractivity contribution in [2.24, 2.45) is 17.2 Å². The number of likely N-dealkylation sites (N-methyl/N-ethyl adjacent to an activating group) is 3. The number of benzene rings is 3. The van der Waals surface area contributed by atoms with Crippen LogP contribution < -0.4 is 75.7 Å². The molecule has 3 aliphatic heterocycles. The summed E-state index contributed by atoms with van der Waals surface area (Å²) in [6, 6.07) is -0.921. The number of phenols is 1. The number of fused-ring (bicyclic) bond motifs is 4. The molecule has 6 heterocycles. The van der Waals surface area contributed by atoms with Crippen LogP contribution in [0.25, 0.3) is 21.8 Å². The van der Waals surface area contributed by atoms with Crippen molar-refractivity contribution >= 4 is 140 Å². The Balaban J connectivity index is 1.09. The third-order valence-corrected chi connectivity index (χ3v) is 25.2. The van der Waals surface area contributed by atoms with Gasteiger partial charge in [0.05, 0.1) is 30.7 Å². The van der Waals surface area contributed by atoms with Crippen molar-refractivity contribution in [3.05, 3.63) is 120 Å². The normalized spacial score (nSPS) is 24.3. The molecule has 3 aliphatic rings. The molecule has 726 valence electrons. The van der Waals surface area contributed by atoms with Gasteiger partial charge in [0.25, 0.3) is 0 Å². The number of aliphatic carboxylic acids is 1. The number of aromatic hydroxyl groups is 1. The van der Waals surface area contributed by atoms with Gasteiger partial charge >= 0.3 is 5.97 Å². The predicted molar refractivity (Wildman–Crippen MR) is 494 cm³/mol. The number of nitrogens with zero attached hydrogens (tertiary/aromatic N) is 6. The molecule has 0 saturated carbocycles. The molecule has 14 atom stereocenters. The molecule has 16 amide bonds. The minimum absolute atomic E-state index is 0.00358. The highest BCUT2D eigenvalue weighted by Crippen LogP contribution is 2.28. The molecule has 0 aliphatic carbocycles. The number of nitrogens with two attached hydrogens (primary N) is 3. The molecular formula is C90H126N24O19S. The Morgan fingerprint density at radius 2 is 1.04 bits per heavy atom. The first-order valence-corrected chi connectivity index (χ1v) is 46.3. The van der Waals surface area contributed by atoms with Gasteiger partial charge in [-0.15, -0.1) is 11.8 Å². The van der Waals surface area contributed by atoms with E-state index in [1.165, 1.54) is 86.5 Å². The topological polar surface area (TPSA) is 641 Å². The number of thioether (sulfide) groups is 1. The number of rotatable bonds is 26. The Hall–Kier alpha value is -13.7. The first-order valence-electron chi connectivity index (χ1n) is 45.1. The summed E-state index contributed by atoms with van der Waals surface area (Å²) in [6.07, 6.45) is 6.08. The molecule has 0 bridgehead atoms. The summed E-state index contributed by atoms with van der Waals surface area (Å²) in [7, 11) is 4.02. The van der Waals surface area contributed by atoms with E-state index in [0.29, 0.717) is 64.2 Å². The summed E-state index contributed by atoms with van der Waals surface area (Å²) in [5.41, 5.74) is 20.1. The van der Waals surface area contributed by atoms with Gasteiger partial charge in [0.1, 0.15) is 90.3 Å². The fraction of sp³-hybridized carbons (Fsp3) is 0.522. The Labute approximate surface area is 779 Å². The number of primary amides is 1. The number of phenolic OH excluding ortho intramolecular Hbond substituents is 1. The molecular weight excluding hydrogens is 1750 g/mol. The Kier molecular flexibility index (Phi) is 39.0. The molecule has 0 unspecified atom stereocenters. The zero-order chi connectivity index (χ0) is 97.6. The van der Waals surface area contributed by atoms with Crippen molar-refractivity contribution < 1.29 is 91.7 Å². The smallest absolute Gasteiger partial charge is 0.305 e. The molecule has 3 aromatic heterocycles. The zero-order valence-electron chi connectivity index (χ0n) is 76.4. The van der Waals surface area contributed by atoms with Gasteiger partial charge < -0.3 is 125 Å². The molecule has 0 radical (unpaired) electrons. The summed E-state index contributed by atoms with van der Waals surface area (Å²) in [5, 5.41) is 59.2. The van der Waals surface area contributed by atoms with E-state index in [1.807, 2.05) is 13.8 Å². The summed E-state index contributed by atoms with van der Waals surface area (Å²) in [6.45, 7) is 5.56. The highest BCUT2D eigenvalue weighted by atomic mass is 32.2. The third-order valence-electron chi connectivity index (χ3n) is 24.2. The first kappa shape index (κ1) is 104. The second-order valence-corrected chi connectivity index (χ2v) is 35.0. The van der Waals surface area contributed by atoms with Crippen LogP contribution >= 0.6 is 11.8 Å². The van der Waals surface area contributed by atoms with Crippen molar-refractivity contribution in [1.82, 2.24) is 103 Å². The van der Waals surface area contributed by atoms with Crippen LogP contribution in [0.4, 0.5) is 0 Å². The molecule has 9 rings (SSSR count). The van der Waals surface area contributed by atoms with Gasteiger partial charge in [-0.05, 0) is 126 Å². The van der Waals surface area contributed by atoms with Crippen LogP contribution in [-0.2, 0) is 107 Å². The average molecular weight is 1880 g/mol. The molecule has 6 aromatic rings. The molecule has 3 saturated heterocycles. The number of imidazole rings is 1. The minimum Gasteiger partial charge on any atom is -0.508 e. The summed E-state index contributed by atoms with van der Waals surface area (Å²) in [4.78, 5) is 269. The lowest BCUT2D eigenvalue weighted by Gasteiger charge is -2.36. The number of carboxylic acids is 1. The maximum absolute atomic E-state index is 15.7. The molecule has 0 spiro atoms. The number of amides is 16. The molecule has 134 heavy (non-hydrogen) atoms. The average Bonchev–Trinajstić information content (AvgIpc) is 1.56. The second-order valence-electron chi connectivity index (χ2n) is 34.0. The lowest BCUT2D eigenvalue weighted by atomic mass is 10.00. The Morgan fingerprint density at radius 3 is 1.61 bits per heavy atom. The summed E-state index contributed by atoms with van der Waals surface area (Å²) < 4.78 is 0. The number of carbonyl (C=O) groups is 17. The van der Waals surface area contributed by atoms with Crippen LogP contribution in [0.5, 0.6) is 5.75 Å². The number of aromatic amines is 3. The highest BCUT2D eigenvalue weighted by Gasteiger charge is 2.46. The van der Waals surface area contributed by atoms with Gasteiger partial charge in [-0.2, -0.15) is 0 Å². The van der Waals surface area contributed by atoms with Crippen molar-refractivity contribution in [2.45, 2.75) is 234 Å². The second kappa shape index (κ2) is 50.3. The number of guanidine groups is 1. The monoisotopic (exact) mass is 1880 g/mol.